The molecule has 1 aromatic carbocycles. The van der Waals surface area contributed by atoms with Gasteiger partial charge in [0.05, 0.1) is 17.9 Å². The van der Waals surface area contributed by atoms with Gasteiger partial charge in [-0.2, -0.15) is 5.10 Å². The number of rotatable bonds is 9. The highest BCUT2D eigenvalue weighted by Gasteiger charge is 2.21. The van der Waals surface area contributed by atoms with Crippen molar-refractivity contribution in [1.82, 2.24) is 25.4 Å². The van der Waals surface area contributed by atoms with Crippen LogP contribution in [0.4, 0.5) is 4.79 Å². The number of carbonyl (C=O) groups excluding carboxylic acids is 2. The summed E-state index contributed by atoms with van der Waals surface area (Å²) < 4.78 is 6.67. The number of hydrogen-bond acceptors (Lipinski definition) is 5. The molecule has 1 atom stereocenters. The summed E-state index contributed by atoms with van der Waals surface area (Å²) in [5.74, 6) is 0.0658. The van der Waals surface area contributed by atoms with E-state index >= 15 is 0 Å². The summed E-state index contributed by atoms with van der Waals surface area (Å²) in [6, 6.07) is 13.0. The molecular formula is C24H29N5O3. The van der Waals surface area contributed by atoms with Gasteiger partial charge < -0.3 is 15.4 Å². The lowest BCUT2D eigenvalue weighted by Gasteiger charge is -2.20. The Bertz CT molecular complexity index is 1020. The van der Waals surface area contributed by atoms with Crippen LogP contribution in [-0.4, -0.2) is 46.0 Å². The molecule has 32 heavy (non-hydrogen) atoms. The Morgan fingerprint density at radius 2 is 1.91 bits per heavy atom. The van der Waals surface area contributed by atoms with Crippen molar-refractivity contribution in [3.05, 3.63) is 66.6 Å². The zero-order chi connectivity index (χ0) is 22.9. The topological polar surface area (TPSA) is 98.1 Å². The molecule has 2 amide bonds. The fourth-order valence-electron chi connectivity index (χ4n) is 3.38. The van der Waals surface area contributed by atoms with Crippen LogP contribution in [0.15, 0.2) is 61.1 Å². The van der Waals surface area contributed by atoms with Gasteiger partial charge in [0.2, 0.25) is 0 Å². The van der Waals surface area contributed by atoms with Gasteiger partial charge in [0, 0.05) is 36.7 Å². The van der Waals surface area contributed by atoms with Crippen molar-refractivity contribution in [2.45, 2.75) is 33.2 Å². The van der Waals surface area contributed by atoms with Gasteiger partial charge in [-0.05, 0) is 43.5 Å². The average molecular weight is 436 g/mol. The first-order chi connectivity index (χ1) is 15.5. The first kappa shape index (κ1) is 23.0. The van der Waals surface area contributed by atoms with E-state index in [0.29, 0.717) is 30.2 Å². The first-order valence-electron chi connectivity index (χ1n) is 10.7. The highest BCUT2D eigenvalue weighted by molar-refractivity contribution is 5.99. The predicted molar refractivity (Wildman–Crippen MR) is 123 cm³/mol. The second-order valence-electron chi connectivity index (χ2n) is 7.81. The number of ether oxygens (including phenoxy) is 1. The first-order valence-corrected chi connectivity index (χ1v) is 10.7. The zero-order valence-corrected chi connectivity index (χ0v) is 18.6. The molecule has 0 spiro atoms. The van der Waals surface area contributed by atoms with Gasteiger partial charge in [0.25, 0.3) is 5.91 Å². The number of benzene rings is 1. The summed E-state index contributed by atoms with van der Waals surface area (Å²) in [4.78, 5) is 29.2. The van der Waals surface area contributed by atoms with Crippen molar-refractivity contribution in [3.63, 3.8) is 0 Å². The Kier molecular flexibility index (Phi) is 7.96. The molecule has 0 aliphatic carbocycles. The van der Waals surface area contributed by atoms with E-state index in [4.69, 9.17) is 4.74 Å². The highest BCUT2D eigenvalue weighted by atomic mass is 16.5. The molecular weight excluding hydrogens is 406 g/mol. The molecule has 0 aliphatic rings. The van der Waals surface area contributed by atoms with Crippen LogP contribution >= 0.6 is 0 Å². The zero-order valence-electron chi connectivity index (χ0n) is 18.6. The van der Waals surface area contributed by atoms with Gasteiger partial charge in [-0.15, -0.1) is 0 Å². The van der Waals surface area contributed by atoms with Gasteiger partial charge >= 0.3 is 6.09 Å². The molecule has 0 fully saturated rings. The molecule has 0 aliphatic heterocycles. The maximum Gasteiger partial charge on any atom is 0.407 e. The van der Waals surface area contributed by atoms with E-state index in [1.165, 1.54) is 0 Å². The molecule has 2 N–H and O–H groups in total. The fourth-order valence-corrected chi connectivity index (χ4v) is 3.38. The summed E-state index contributed by atoms with van der Waals surface area (Å²) in [5, 5.41) is 10.4. The summed E-state index contributed by atoms with van der Waals surface area (Å²) >= 11 is 0. The van der Waals surface area contributed by atoms with E-state index in [-0.39, 0.29) is 18.5 Å². The number of para-hydroxylation sites is 1. The standard InChI is InChI=1S/C24H29N5O3/c1-4-32-24(31)27-19(13-17(2)3)15-26-23(30)21-16-29(20-10-6-5-7-11-20)28-22(21)18-9-8-12-25-14-18/h5-12,14,16-17,19H,4,13,15H2,1-3H3,(H,26,30)(H,27,31). The normalized spacial score (nSPS) is 11.8. The minimum Gasteiger partial charge on any atom is -0.450 e. The van der Waals surface area contributed by atoms with E-state index in [0.717, 1.165) is 11.3 Å². The fraction of sp³-hybridized carbons (Fsp3) is 0.333. The van der Waals surface area contributed by atoms with E-state index in [2.05, 4.69) is 34.6 Å². The third-order valence-corrected chi connectivity index (χ3v) is 4.78. The van der Waals surface area contributed by atoms with E-state index < -0.39 is 6.09 Å². The Hall–Kier alpha value is -3.68. The number of alkyl carbamates (subject to hydrolysis) is 1. The lowest BCUT2D eigenvalue weighted by Crippen LogP contribution is -2.44. The van der Waals surface area contributed by atoms with Crippen molar-refractivity contribution in [2.75, 3.05) is 13.2 Å². The van der Waals surface area contributed by atoms with Crippen LogP contribution in [0, 0.1) is 5.92 Å². The van der Waals surface area contributed by atoms with Crippen molar-refractivity contribution in [3.8, 4) is 16.9 Å². The molecule has 2 aromatic heterocycles. The smallest absolute Gasteiger partial charge is 0.407 e. The molecule has 8 nitrogen and oxygen atoms in total. The summed E-state index contributed by atoms with van der Waals surface area (Å²) in [6.45, 7) is 6.44. The SMILES string of the molecule is CCOC(=O)NC(CNC(=O)c1cn(-c2ccccc2)nc1-c1cccnc1)CC(C)C. The number of pyridine rings is 1. The monoisotopic (exact) mass is 435 g/mol. The molecule has 2 heterocycles. The van der Waals surface area contributed by atoms with Crippen molar-refractivity contribution < 1.29 is 14.3 Å². The minimum absolute atomic E-state index is 0.246. The Labute approximate surface area is 188 Å². The number of amides is 2. The second-order valence-corrected chi connectivity index (χ2v) is 7.81. The molecule has 0 saturated carbocycles. The Morgan fingerprint density at radius 1 is 1.12 bits per heavy atom. The number of aromatic nitrogens is 3. The van der Waals surface area contributed by atoms with Crippen LogP contribution < -0.4 is 10.6 Å². The Morgan fingerprint density at radius 3 is 2.56 bits per heavy atom. The van der Waals surface area contributed by atoms with Crippen molar-refractivity contribution in [1.29, 1.82) is 0 Å². The third-order valence-electron chi connectivity index (χ3n) is 4.78. The maximum atomic E-state index is 13.2. The van der Waals surface area contributed by atoms with Crippen molar-refractivity contribution in [2.24, 2.45) is 5.92 Å². The van der Waals surface area contributed by atoms with Crippen LogP contribution in [0.3, 0.4) is 0 Å². The molecule has 0 radical (unpaired) electrons. The molecule has 0 saturated heterocycles. The van der Waals surface area contributed by atoms with Gasteiger partial charge in [-0.25, -0.2) is 9.48 Å². The quantitative estimate of drug-likeness (QED) is 0.532. The largest absolute Gasteiger partial charge is 0.450 e. The minimum atomic E-state index is -0.486. The van der Waals surface area contributed by atoms with Crippen LogP contribution in [-0.2, 0) is 4.74 Å². The molecule has 168 valence electrons. The van der Waals surface area contributed by atoms with Gasteiger partial charge in [0.1, 0.15) is 5.69 Å². The molecule has 0 bridgehead atoms. The third kappa shape index (κ3) is 6.16. The number of carbonyl (C=O) groups is 2. The summed E-state index contributed by atoms with van der Waals surface area (Å²) in [5.41, 5.74) is 2.56. The van der Waals surface area contributed by atoms with Crippen LogP contribution in [0.2, 0.25) is 0 Å². The van der Waals surface area contributed by atoms with Crippen LogP contribution in [0.25, 0.3) is 16.9 Å². The summed E-state index contributed by atoms with van der Waals surface area (Å²) in [6.07, 6.45) is 5.29. The maximum absolute atomic E-state index is 13.2. The van der Waals surface area contributed by atoms with E-state index in [1.54, 1.807) is 36.3 Å². The lowest BCUT2D eigenvalue weighted by molar-refractivity contribution is 0.0945. The predicted octanol–water partition coefficient (Wildman–Crippen LogP) is 3.82. The number of hydrogen-bond donors (Lipinski definition) is 2. The van der Waals surface area contributed by atoms with Gasteiger partial charge in [-0.3, -0.25) is 9.78 Å². The number of nitrogens with one attached hydrogen (secondary N) is 2. The molecule has 3 aromatic rings. The lowest BCUT2D eigenvalue weighted by atomic mass is 10.0. The molecule has 1 unspecified atom stereocenters. The highest BCUT2D eigenvalue weighted by Crippen LogP contribution is 2.23. The van der Waals surface area contributed by atoms with Gasteiger partial charge in [-0.1, -0.05) is 32.0 Å². The number of nitrogens with zero attached hydrogens (tertiary/aromatic N) is 3. The van der Waals surface area contributed by atoms with Crippen molar-refractivity contribution >= 4 is 12.0 Å². The summed E-state index contributed by atoms with van der Waals surface area (Å²) in [7, 11) is 0. The molecule has 8 heteroatoms. The van der Waals surface area contributed by atoms with Crippen LogP contribution in [0.1, 0.15) is 37.6 Å². The second kappa shape index (κ2) is 11.1. The van der Waals surface area contributed by atoms with E-state index in [1.807, 2.05) is 36.4 Å². The average Bonchev–Trinajstić information content (AvgIpc) is 3.24. The van der Waals surface area contributed by atoms with E-state index in [9.17, 15) is 9.59 Å². The Balaban J connectivity index is 1.82. The molecule has 3 rings (SSSR count). The van der Waals surface area contributed by atoms with Crippen LogP contribution in [0.5, 0.6) is 0 Å². The van der Waals surface area contributed by atoms with Gasteiger partial charge in [0.15, 0.2) is 0 Å².